The van der Waals surface area contributed by atoms with Crippen molar-refractivity contribution in [1.82, 2.24) is 15.0 Å². The van der Waals surface area contributed by atoms with Crippen molar-refractivity contribution >= 4 is 110 Å². The van der Waals surface area contributed by atoms with Crippen molar-refractivity contribution in [1.29, 1.82) is 0 Å². The van der Waals surface area contributed by atoms with Crippen molar-refractivity contribution in [2.45, 2.75) is 24.7 Å². The van der Waals surface area contributed by atoms with Crippen LogP contribution in [-0.2, 0) is 66.5 Å². The van der Waals surface area contributed by atoms with Crippen molar-refractivity contribution in [3.05, 3.63) is 95.9 Å². The number of aromatic hydroxyl groups is 1. The van der Waals surface area contributed by atoms with Crippen LogP contribution in [0.5, 0.6) is 5.75 Å². The SMILES string of the molecule is O=C(O)CSc1nc(Nc2cccc(S(=O)(=O)CCOS(=O)(=O)O)c2)nc(Nc2cc(S(=O)(=O)O)cc(N=NC(=N[N-]c3cc(S(O)(O)O)ccc3S(=O)(=O)O)c3ccccc3)c2O)n1.[Cu+]. The molecule has 4 aromatic carbocycles. The van der Waals surface area contributed by atoms with Crippen LogP contribution in [0.2, 0.25) is 0 Å². The molecule has 0 saturated heterocycles. The molecule has 0 aliphatic carbocycles. The number of benzene rings is 4. The Balaban J connectivity index is 0.00000952. The summed E-state index contributed by atoms with van der Waals surface area (Å²) in [6.07, 6.45) is 0. The molecule has 1 aromatic heterocycles. The number of phenolic OH excluding ortho intramolecular Hbond substituents is 1. The minimum atomic E-state index is -5.11. The standard InChI is InChI=1S/C32H31N9O18S6.Cu/c42-27(43)17-60-32-36-30(33-19-7-4-8-20(13-19)61(45,46)12-11-59-65(56,57)58)35-31(37-32)34-24-15-22(63(50,51)52)16-25(28(24)44)39-41-29(18-5-2-1-3-6-18)40-38-23-14-21(62(47,48)49)9-10-26(23)64(53,54)55;/h1-10,13-16H,11-12,17H2,(H11,33,34,35,36,37,38,39,40,41,42,43,44,47,48,49,50,51,52,53,54,55,56,57,58);/q;+1/p-1. The van der Waals surface area contributed by atoms with Crippen LogP contribution in [0.1, 0.15) is 5.56 Å². The molecule has 34 heteroatoms. The molecule has 0 aliphatic rings. The minimum Gasteiger partial charge on any atom is -0.573 e. The molecular weight excluding hydrogens is 1050 g/mol. The fraction of sp³-hybridized carbons (Fsp3) is 0.0938. The van der Waals surface area contributed by atoms with Gasteiger partial charge in [-0.2, -0.15) is 40.2 Å². The van der Waals surface area contributed by atoms with Gasteiger partial charge in [0.1, 0.15) is 16.6 Å². The summed E-state index contributed by atoms with van der Waals surface area (Å²) >= 11 is 0.569. The zero-order valence-corrected chi connectivity index (χ0v) is 38.1. The molecule has 66 heavy (non-hydrogen) atoms. The Labute approximate surface area is 389 Å². The number of hydrogen-bond donors (Lipinski definition) is 10. The number of carboxylic acids is 1. The third-order valence-electron chi connectivity index (χ3n) is 7.64. The number of anilines is 4. The van der Waals surface area contributed by atoms with E-state index in [-0.39, 0.29) is 44.3 Å². The van der Waals surface area contributed by atoms with Gasteiger partial charge in [0.2, 0.25) is 11.9 Å². The van der Waals surface area contributed by atoms with E-state index in [1.165, 1.54) is 36.4 Å². The number of aromatic nitrogens is 3. The Morgan fingerprint density at radius 1 is 0.742 bits per heavy atom. The summed E-state index contributed by atoms with van der Waals surface area (Å²) in [7, 11) is -23.7. The van der Waals surface area contributed by atoms with E-state index in [9.17, 15) is 71.4 Å². The van der Waals surface area contributed by atoms with Crippen molar-refractivity contribution < 1.29 is 97.2 Å². The molecule has 0 saturated carbocycles. The number of aliphatic carboxylic acids is 1. The van der Waals surface area contributed by atoms with Gasteiger partial charge in [-0.3, -0.25) is 18.5 Å². The van der Waals surface area contributed by atoms with Crippen LogP contribution in [0, 0.1) is 0 Å². The second-order valence-electron chi connectivity index (χ2n) is 12.3. The van der Waals surface area contributed by atoms with Crippen LogP contribution < -0.4 is 10.6 Å². The maximum absolute atomic E-state index is 12.8. The van der Waals surface area contributed by atoms with E-state index in [1.807, 2.05) is 0 Å². The number of phenols is 1. The molecule has 0 spiro atoms. The fourth-order valence-electron chi connectivity index (χ4n) is 4.85. The maximum Gasteiger partial charge on any atom is 1.00 e. The van der Waals surface area contributed by atoms with Gasteiger partial charge in [0, 0.05) is 11.3 Å². The quantitative estimate of drug-likeness (QED) is 0.00755. The Morgan fingerprint density at radius 2 is 1.41 bits per heavy atom. The van der Waals surface area contributed by atoms with Crippen LogP contribution >= 0.6 is 22.6 Å². The van der Waals surface area contributed by atoms with E-state index in [2.05, 4.69) is 50.5 Å². The molecule has 1 heterocycles. The Kier molecular flexibility index (Phi) is 17.3. The molecule has 0 radical (unpaired) electrons. The zero-order valence-electron chi connectivity index (χ0n) is 32.2. The number of rotatable bonds is 19. The number of amidine groups is 1. The largest absolute Gasteiger partial charge is 1.00 e. The van der Waals surface area contributed by atoms with Gasteiger partial charge in [-0.15, -0.1) is 10.2 Å². The molecular formula is C32H30CuN9O18S6. The van der Waals surface area contributed by atoms with Gasteiger partial charge < -0.3 is 45.0 Å². The molecule has 0 bridgehead atoms. The predicted molar refractivity (Wildman–Crippen MR) is 229 cm³/mol. The van der Waals surface area contributed by atoms with Gasteiger partial charge >= 0.3 is 33.4 Å². The number of sulfone groups is 1. The molecule has 0 atom stereocenters. The molecule has 5 rings (SSSR count). The molecule has 27 nitrogen and oxygen atoms in total. The van der Waals surface area contributed by atoms with E-state index in [1.54, 1.807) is 6.07 Å². The number of nitrogens with zero attached hydrogens (tertiary/aromatic N) is 7. The average molecular weight is 1080 g/mol. The van der Waals surface area contributed by atoms with Crippen molar-refractivity contribution in [2.24, 2.45) is 15.3 Å². The summed E-state index contributed by atoms with van der Waals surface area (Å²) in [6, 6.07) is 15.8. The van der Waals surface area contributed by atoms with Gasteiger partial charge in [0.25, 0.3) is 20.2 Å². The van der Waals surface area contributed by atoms with E-state index in [0.29, 0.717) is 36.0 Å². The van der Waals surface area contributed by atoms with Crippen molar-refractivity contribution in [2.75, 3.05) is 28.7 Å². The second-order valence-corrected chi connectivity index (χ2v) is 20.8. The zero-order chi connectivity index (χ0) is 48.0. The third-order valence-corrected chi connectivity index (χ3v) is 13.2. The third kappa shape index (κ3) is 15.3. The first kappa shape index (κ1) is 53.2. The summed E-state index contributed by atoms with van der Waals surface area (Å²) < 4.78 is 158. The van der Waals surface area contributed by atoms with E-state index < -0.39 is 125 Å². The Morgan fingerprint density at radius 3 is 2.02 bits per heavy atom. The van der Waals surface area contributed by atoms with Gasteiger partial charge in [-0.1, -0.05) is 59.9 Å². The fourth-order valence-corrected chi connectivity index (χ4v) is 8.58. The average Bonchev–Trinajstić information content (AvgIpc) is 3.20. The van der Waals surface area contributed by atoms with Gasteiger partial charge in [-0.05, 0) is 42.5 Å². The summed E-state index contributed by atoms with van der Waals surface area (Å²) in [6.45, 7) is -0.918. The van der Waals surface area contributed by atoms with Crippen LogP contribution in [-0.4, -0.2) is 116 Å². The number of azo groups is 1. The van der Waals surface area contributed by atoms with E-state index in [0.717, 1.165) is 18.2 Å². The Bertz CT molecular complexity index is 3150. The summed E-state index contributed by atoms with van der Waals surface area (Å²) in [4.78, 5) is 20.9. The first-order valence-corrected chi connectivity index (χ1v) is 25.4. The number of hydrogen-bond acceptors (Lipinski definition) is 22. The van der Waals surface area contributed by atoms with Gasteiger partial charge in [0.15, 0.2) is 26.6 Å². The van der Waals surface area contributed by atoms with Gasteiger partial charge in [-0.25, -0.2) is 12.6 Å². The minimum absolute atomic E-state index is 0. The molecule has 5 aromatic rings. The van der Waals surface area contributed by atoms with Crippen LogP contribution in [0.3, 0.4) is 0 Å². The summed E-state index contributed by atoms with van der Waals surface area (Å²) in [5.74, 6) is -5.06. The van der Waals surface area contributed by atoms with Crippen molar-refractivity contribution in [3.63, 3.8) is 0 Å². The van der Waals surface area contributed by atoms with Gasteiger partial charge in [0.05, 0.1) is 43.4 Å². The Hall–Kier alpha value is -5.43. The van der Waals surface area contributed by atoms with Crippen LogP contribution in [0.4, 0.5) is 34.6 Å². The van der Waals surface area contributed by atoms with Crippen molar-refractivity contribution in [3.8, 4) is 5.75 Å². The van der Waals surface area contributed by atoms with Crippen LogP contribution in [0.15, 0.2) is 125 Å². The molecule has 358 valence electrons. The molecule has 0 aliphatic heterocycles. The normalized spacial score (nSPS) is 12.9. The molecule has 0 unspecified atom stereocenters. The summed E-state index contributed by atoms with van der Waals surface area (Å²) in [5.41, 5.74) is 1.83. The maximum atomic E-state index is 12.8. The number of carboxylic acid groups (broad SMARTS) is 1. The van der Waals surface area contributed by atoms with E-state index in [4.69, 9.17) is 4.55 Å². The second kappa shape index (κ2) is 21.5. The monoisotopic (exact) mass is 1080 g/mol. The topological polar surface area (TPSA) is 439 Å². The number of carbonyl (C=O) groups is 1. The van der Waals surface area contributed by atoms with E-state index >= 15 is 0 Å². The molecule has 0 amide bonds. The number of nitrogens with one attached hydrogen (secondary N) is 2. The number of thioether (sulfide) groups is 1. The first-order chi connectivity index (χ1) is 30.2. The first-order valence-electron chi connectivity index (χ1n) is 17.0. The van der Waals surface area contributed by atoms with Crippen LogP contribution in [0.25, 0.3) is 5.43 Å². The predicted octanol–water partition coefficient (Wildman–Crippen LogP) is 5.06. The summed E-state index contributed by atoms with van der Waals surface area (Å²) in [5, 5.41) is 37.1. The molecule has 0 fully saturated rings. The molecule has 10 N–H and O–H groups in total. The smallest absolute Gasteiger partial charge is 0.573 e.